The highest BCUT2D eigenvalue weighted by Gasteiger charge is 2.18. The molecule has 54 valence electrons. The Kier molecular flexibility index (Phi) is 2.94. The molecule has 0 aromatic carbocycles. The molecule has 2 N–H and O–H groups in total. The van der Waals surface area contributed by atoms with Gasteiger partial charge in [-0.25, -0.2) is 0 Å². The van der Waals surface area contributed by atoms with Crippen molar-refractivity contribution in [2.45, 2.75) is 0 Å². The highest BCUT2D eigenvalue weighted by molar-refractivity contribution is 9.13. The average molecular weight is 286 g/mol. The van der Waals surface area contributed by atoms with Gasteiger partial charge in [-0.1, -0.05) is 0 Å². The molecule has 0 aliphatic heterocycles. The van der Waals surface area contributed by atoms with Crippen LogP contribution >= 0.6 is 43.2 Å². The average Bonchev–Trinajstić information content (AvgIpc) is 2.14. The van der Waals surface area contributed by atoms with E-state index < -0.39 is 7.12 Å². The van der Waals surface area contributed by atoms with E-state index in [4.69, 9.17) is 10.0 Å². The van der Waals surface area contributed by atoms with Gasteiger partial charge in [-0.2, -0.15) is 11.3 Å². The molecule has 0 fully saturated rings. The Bertz CT molecular complexity index is 237. The van der Waals surface area contributed by atoms with Crippen LogP contribution in [-0.2, 0) is 0 Å². The van der Waals surface area contributed by atoms with Crippen LogP contribution in [0.3, 0.4) is 0 Å². The van der Waals surface area contributed by atoms with Crippen molar-refractivity contribution in [2.75, 3.05) is 0 Å². The van der Waals surface area contributed by atoms with Gasteiger partial charge in [-0.15, -0.1) is 0 Å². The molecule has 0 saturated heterocycles. The molecule has 0 unspecified atom stereocenters. The topological polar surface area (TPSA) is 40.5 Å². The van der Waals surface area contributed by atoms with E-state index in [2.05, 4.69) is 31.9 Å². The van der Waals surface area contributed by atoms with E-state index in [-0.39, 0.29) is 0 Å². The van der Waals surface area contributed by atoms with E-state index in [1.807, 2.05) is 0 Å². The predicted octanol–water partition coefficient (Wildman–Crippen LogP) is 0.953. The van der Waals surface area contributed by atoms with Crippen LogP contribution in [0.15, 0.2) is 14.3 Å². The van der Waals surface area contributed by atoms with Gasteiger partial charge in [0.2, 0.25) is 0 Å². The zero-order valence-corrected chi connectivity index (χ0v) is 8.70. The van der Waals surface area contributed by atoms with E-state index in [1.165, 1.54) is 11.3 Å². The number of rotatable bonds is 1. The summed E-state index contributed by atoms with van der Waals surface area (Å²) < 4.78 is 2.08. The Balaban J connectivity index is 3.05. The summed E-state index contributed by atoms with van der Waals surface area (Å²) in [6, 6.07) is 0. The van der Waals surface area contributed by atoms with Gasteiger partial charge in [-0.3, -0.25) is 0 Å². The first kappa shape index (κ1) is 8.74. The zero-order valence-electron chi connectivity index (χ0n) is 4.71. The molecule has 1 rings (SSSR count). The van der Waals surface area contributed by atoms with Crippen molar-refractivity contribution in [3.63, 3.8) is 0 Å². The standard InChI is InChI=1S/C4H3BBr2O2S/c6-2-1-10-4(3(2)7)5(8)9/h1,8-9H. The lowest BCUT2D eigenvalue weighted by Crippen LogP contribution is -2.27. The molecule has 0 amide bonds. The number of thiophene rings is 1. The number of hydrogen-bond acceptors (Lipinski definition) is 3. The van der Waals surface area contributed by atoms with Crippen molar-refractivity contribution in [1.82, 2.24) is 0 Å². The van der Waals surface area contributed by atoms with Gasteiger partial charge in [-0.05, 0) is 31.9 Å². The van der Waals surface area contributed by atoms with E-state index >= 15 is 0 Å². The van der Waals surface area contributed by atoms with Gasteiger partial charge >= 0.3 is 7.12 Å². The molecule has 2 nitrogen and oxygen atoms in total. The Morgan fingerprint density at radius 2 is 2.00 bits per heavy atom. The van der Waals surface area contributed by atoms with Gasteiger partial charge in [0.1, 0.15) is 0 Å². The highest BCUT2D eigenvalue weighted by Crippen LogP contribution is 2.24. The molecule has 0 aliphatic carbocycles. The predicted molar refractivity (Wildman–Crippen MR) is 49.5 cm³/mol. The van der Waals surface area contributed by atoms with Crippen molar-refractivity contribution in [3.05, 3.63) is 14.3 Å². The summed E-state index contributed by atoms with van der Waals surface area (Å²) in [5.74, 6) is 0. The maximum absolute atomic E-state index is 8.73. The van der Waals surface area contributed by atoms with Crippen LogP contribution in [0.5, 0.6) is 0 Å². The van der Waals surface area contributed by atoms with E-state index in [9.17, 15) is 0 Å². The lowest BCUT2D eigenvalue weighted by molar-refractivity contribution is 0.426. The molecular formula is C4H3BBr2O2S. The molecule has 10 heavy (non-hydrogen) atoms. The number of halogens is 2. The molecule has 0 saturated carbocycles. The van der Waals surface area contributed by atoms with Gasteiger partial charge in [0.15, 0.2) is 0 Å². The molecule has 0 radical (unpaired) electrons. The van der Waals surface area contributed by atoms with Crippen molar-refractivity contribution in [3.8, 4) is 0 Å². The van der Waals surface area contributed by atoms with Crippen molar-refractivity contribution in [1.29, 1.82) is 0 Å². The summed E-state index contributed by atoms with van der Waals surface area (Å²) in [7, 11) is -1.38. The normalized spacial score (nSPS) is 10.0. The molecule has 6 heteroatoms. The van der Waals surface area contributed by atoms with Crippen molar-refractivity contribution >= 4 is 55.1 Å². The minimum absolute atomic E-state index is 0.520. The second-order valence-corrected chi connectivity index (χ2v) is 4.19. The summed E-state index contributed by atoms with van der Waals surface area (Å²) in [6.07, 6.45) is 0. The summed E-state index contributed by atoms with van der Waals surface area (Å²) in [5, 5.41) is 19.3. The first-order chi connectivity index (χ1) is 4.63. The van der Waals surface area contributed by atoms with Gasteiger partial charge in [0.25, 0.3) is 0 Å². The lowest BCUT2D eigenvalue weighted by Gasteiger charge is -1.92. The smallest absolute Gasteiger partial charge is 0.423 e. The van der Waals surface area contributed by atoms with Gasteiger partial charge in [0, 0.05) is 14.3 Å². The third-order valence-corrected chi connectivity index (χ3v) is 4.55. The van der Waals surface area contributed by atoms with E-state index in [0.717, 1.165) is 4.47 Å². The van der Waals surface area contributed by atoms with Crippen molar-refractivity contribution in [2.24, 2.45) is 0 Å². The Morgan fingerprint density at radius 3 is 2.20 bits per heavy atom. The van der Waals surface area contributed by atoms with Crippen LogP contribution in [0.25, 0.3) is 0 Å². The maximum atomic E-state index is 8.73. The quantitative estimate of drug-likeness (QED) is 0.755. The van der Waals surface area contributed by atoms with Crippen LogP contribution < -0.4 is 4.78 Å². The summed E-state index contributed by atoms with van der Waals surface area (Å²) in [4.78, 5) is 0. The summed E-state index contributed by atoms with van der Waals surface area (Å²) >= 11 is 7.71. The van der Waals surface area contributed by atoms with Crippen LogP contribution in [0.2, 0.25) is 0 Å². The zero-order chi connectivity index (χ0) is 7.72. The third kappa shape index (κ3) is 1.62. The Hall–Kier alpha value is 0.645. The van der Waals surface area contributed by atoms with Crippen LogP contribution in [0.1, 0.15) is 0 Å². The molecule has 1 aromatic heterocycles. The highest BCUT2D eigenvalue weighted by atomic mass is 79.9. The maximum Gasteiger partial charge on any atom is 0.500 e. The first-order valence-corrected chi connectivity index (χ1v) is 4.88. The second kappa shape index (κ2) is 3.36. The fourth-order valence-electron chi connectivity index (χ4n) is 0.511. The fourth-order valence-corrected chi connectivity index (χ4v) is 2.57. The van der Waals surface area contributed by atoms with Gasteiger partial charge < -0.3 is 10.0 Å². The van der Waals surface area contributed by atoms with Crippen LogP contribution in [0, 0.1) is 0 Å². The third-order valence-electron chi connectivity index (χ3n) is 0.950. The van der Waals surface area contributed by atoms with Crippen molar-refractivity contribution < 1.29 is 10.0 Å². The molecule has 0 atom stereocenters. The van der Waals surface area contributed by atoms with Crippen LogP contribution in [-0.4, -0.2) is 17.2 Å². The molecule has 0 spiro atoms. The Morgan fingerprint density at radius 1 is 1.40 bits per heavy atom. The first-order valence-electron chi connectivity index (χ1n) is 2.41. The van der Waals surface area contributed by atoms with E-state index in [1.54, 1.807) is 5.38 Å². The minimum atomic E-state index is -1.38. The second-order valence-electron chi connectivity index (χ2n) is 1.64. The fraction of sp³-hybridized carbons (Fsp3) is 0. The number of hydrogen-bond donors (Lipinski definition) is 2. The molecule has 1 aromatic rings. The molecule has 1 heterocycles. The largest absolute Gasteiger partial charge is 0.500 e. The summed E-state index contributed by atoms with van der Waals surface area (Å²) in [6.45, 7) is 0. The SMILES string of the molecule is OB(O)c1scc(Br)c1Br. The molecule has 0 bridgehead atoms. The monoisotopic (exact) mass is 284 g/mol. The lowest BCUT2D eigenvalue weighted by atomic mass is 9.90. The molecular weight excluding hydrogens is 283 g/mol. The van der Waals surface area contributed by atoms with Gasteiger partial charge in [0.05, 0.1) is 4.78 Å². The minimum Gasteiger partial charge on any atom is -0.423 e. The molecule has 0 aliphatic rings. The Labute approximate surface area is 79.3 Å². The van der Waals surface area contributed by atoms with Crippen LogP contribution in [0.4, 0.5) is 0 Å². The van der Waals surface area contributed by atoms with E-state index in [0.29, 0.717) is 9.25 Å². The summed E-state index contributed by atoms with van der Waals surface area (Å²) in [5.41, 5.74) is 0.